The van der Waals surface area contributed by atoms with Crippen molar-refractivity contribution in [2.45, 2.75) is 96.4 Å². The first-order chi connectivity index (χ1) is 34.4. The lowest BCUT2D eigenvalue weighted by Crippen LogP contribution is -2.61. The van der Waals surface area contributed by atoms with Crippen LogP contribution in [0.1, 0.15) is 88.3 Å². The molecule has 17 heteroatoms. The van der Waals surface area contributed by atoms with Gasteiger partial charge >= 0.3 is 0 Å². The van der Waals surface area contributed by atoms with Crippen LogP contribution in [0.3, 0.4) is 0 Å². The predicted molar refractivity (Wildman–Crippen MR) is 275 cm³/mol. The molecule has 3 aromatic heterocycles. The summed E-state index contributed by atoms with van der Waals surface area (Å²) >= 11 is 1.60. The minimum atomic E-state index is -0.736. The topological polar surface area (TPSA) is 186 Å². The second-order valence-electron chi connectivity index (χ2n) is 21.0. The van der Waals surface area contributed by atoms with Crippen molar-refractivity contribution >= 4 is 34.5 Å². The van der Waals surface area contributed by atoms with Gasteiger partial charge in [-0.3, -0.25) is 19.4 Å². The predicted octanol–water partition coefficient (Wildman–Crippen LogP) is 7.01. The number of nitrogens with one attached hydrogen (secondary N) is 2. The summed E-state index contributed by atoms with van der Waals surface area (Å²) in [5.41, 5.74) is 7.35. The van der Waals surface area contributed by atoms with Crippen LogP contribution in [0.2, 0.25) is 0 Å². The Balaban J connectivity index is 0.642. The lowest BCUT2D eigenvalue weighted by Gasteiger charge is -2.49. The van der Waals surface area contributed by atoms with E-state index >= 15 is 0 Å². The molecule has 4 fully saturated rings. The van der Waals surface area contributed by atoms with Crippen molar-refractivity contribution in [3.05, 3.63) is 83.2 Å². The molecule has 1 aliphatic carbocycles. The number of amides is 1. The number of benzene rings is 2. The van der Waals surface area contributed by atoms with Crippen molar-refractivity contribution in [2.75, 3.05) is 82.3 Å². The van der Waals surface area contributed by atoms with Crippen LogP contribution in [-0.4, -0.2) is 147 Å². The average molecular weight is 987 g/mol. The average Bonchev–Trinajstić information content (AvgIpc) is 4.14. The first kappa shape index (κ1) is 49.1. The van der Waals surface area contributed by atoms with Crippen LogP contribution < -0.4 is 20.3 Å². The van der Waals surface area contributed by atoms with Crippen LogP contribution in [0.25, 0.3) is 21.7 Å². The molecule has 2 aromatic carbocycles. The summed E-state index contributed by atoms with van der Waals surface area (Å²) in [7, 11) is 0. The molecule has 6 atom stereocenters. The van der Waals surface area contributed by atoms with Crippen molar-refractivity contribution in [2.24, 2.45) is 23.7 Å². The number of Topliss-reactive ketones (excluding diaryl/α,β-unsaturated/α-hetero) is 1. The maximum absolute atomic E-state index is 14.3. The SMILES string of the molecule is Cc1ncsc1-c1ccc([C@H](C)NC(=O)[C@@H]2C[C@@H](O)CC2C(=O)[C@@H](c2cc(OCCN3CCC(CN4CCC(N5CCN6c7cc(-c8ccccc8O)nnc7NC[C@H]6C5)CC4)CC3)no2)C(C)C)cc1. The molecule has 10 rings (SSSR count). The minimum Gasteiger partial charge on any atom is -0.507 e. The number of carbonyl (C=O) groups is 2. The fourth-order valence-corrected chi connectivity index (χ4v) is 12.8. The molecular weight excluding hydrogens is 917 g/mol. The van der Waals surface area contributed by atoms with Crippen molar-refractivity contribution < 1.29 is 29.1 Å². The van der Waals surface area contributed by atoms with Crippen LogP contribution >= 0.6 is 11.3 Å². The van der Waals surface area contributed by atoms with E-state index in [9.17, 15) is 19.8 Å². The molecule has 1 amide bonds. The van der Waals surface area contributed by atoms with Crippen LogP contribution in [-0.2, 0) is 9.59 Å². The number of hydrogen-bond donors (Lipinski definition) is 4. The standard InChI is InChI=1S/C54H70N10O6S/c1-33(2)50(51(67)43-25-41(65)26-44(43)54(68)57-34(3)37-9-11-38(12-10-37)52-35(4)56-32-71-52)48-28-49(60-70-48)69-24-23-61-17-13-36(14-18-61)30-62-19-15-39(16-20-62)63-21-22-64-40(31-63)29-55-53-46(64)27-45(58-59-53)42-7-5-6-8-47(42)66/h5-12,27-28,32-34,36,39-41,43-44,50,65-66H,13-26,29-31H2,1-4H3,(H,55,59)(H,57,68)/t34-,40-,41-,43?,44+,50+/m0/s1. The van der Waals surface area contributed by atoms with Crippen LogP contribution in [0.5, 0.6) is 11.6 Å². The minimum absolute atomic E-state index is 0.107. The Hall–Kier alpha value is -5.46. The monoisotopic (exact) mass is 987 g/mol. The van der Waals surface area contributed by atoms with E-state index < -0.39 is 23.9 Å². The molecule has 1 saturated carbocycles. The number of piperidine rings is 2. The maximum Gasteiger partial charge on any atom is 0.254 e. The number of aromatic hydroxyl groups is 1. The van der Waals surface area contributed by atoms with Gasteiger partial charge in [0.15, 0.2) is 11.6 Å². The molecule has 16 nitrogen and oxygen atoms in total. The highest BCUT2D eigenvalue weighted by Gasteiger charge is 2.46. The maximum atomic E-state index is 14.3. The number of aliphatic hydroxyl groups excluding tert-OH is 1. The van der Waals surface area contributed by atoms with Gasteiger partial charge in [0.25, 0.3) is 5.88 Å². The molecule has 0 bridgehead atoms. The van der Waals surface area contributed by atoms with Gasteiger partial charge < -0.3 is 39.9 Å². The number of thiazole rings is 1. The Bertz CT molecular complexity index is 2610. The number of para-hydroxylation sites is 1. The summed E-state index contributed by atoms with van der Waals surface area (Å²) in [4.78, 5) is 44.0. The molecule has 3 saturated heterocycles. The zero-order valence-corrected chi connectivity index (χ0v) is 42.4. The number of ether oxygens (including phenoxy) is 1. The van der Waals surface area contributed by atoms with Crippen LogP contribution in [0, 0.1) is 30.6 Å². The van der Waals surface area contributed by atoms with Gasteiger partial charge in [-0.1, -0.05) is 50.2 Å². The lowest BCUT2D eigenvalue weighted by atomic mass is 9.79. The highest BCUT2D eigenvalue weighted by atomic mass is 32.1. The number of aryl methyl sites for hydroxylation is 1. The van der Waals surface area contributed by atoms with E-state index in [1.165, 1.54) is 32.2 Å². The summed E-state index contributed by atoms with van der Waals surface area (Å²) in [5, 5.41) is 41.0. The molecule has 5 aliphatic rings. The van der Waals surface area contributed by atoms with E-state index in [-0.39, 0.29) is 42.2 Å². The second kappa shape index (κ2) is 21.7. The number of fused-ring (bicyclic) bond motifs is 3. The molecule has 4 N–H and O–H groups in total. The highest BCUT2D eigenvalue weighted by molar-refractivity contribution is 7.13. The first-order valence-electron chi connectivity index (χ1n) is 25.9. The number of aliphatic hydroxyl groups is 1. The van der Waals surface area contributed by atoms with Gasteiger partial charge in [-0.05, 0) is 125 Å². The molecule has 0 spiro atoms. The van der Waals surface area contributed by atoms with E-state index in [2.05, 4.69) is 56.6 Å². The second-order valence-corrected chi connectivity index (χ2v) is 21.9. The normalized spacial score (nSPS) is 23.5. The summed E-state index contributed by atoms with van der Waals surface area (Å²) in [6.45, 7) is 18.6. The quantitative estimate of drug-likeness (QED) is 0.0791. The number of rotatable bonds is 16. The summed E-state index contributed by atoms with van der Waals surface area (Å²) < 4.78 is 11.9. The van der Waals surface area contributed by atoms with Crippen molar-refractivity contribution in [3.63, 3.8) is 0 Å². The van der Waals surface area contributed by atoms with Gasteiger partial charge in [0.1, 0.15) is 18.1 Å². The number of anilines is 2. The Morgan fingerprint density at radius 3 is 2.42 bits per heavy atom. The number of phenolic OH excluding ortho intramolecular Hbond substituents is 1. The molecule has 378 valence electrons. The third-order valence-electron chi connectivity index (χ3n) is 16.0. The number of likely N-dealkylation sites (tertiary alicyclic amines) is 2. The summed E-state index contributed by atoms with van der Waals surface area (Å²) in [6.07, 6.45) is 4.50. The van der Waals surface area contributed by atoms with Gasteiger partial charge in [0.2, 0.25) is 5.91 Å². The number of nitrogens with zero attached hydrogens (tertiary/aromatic N) is 8. The Morgan fingerprint density at radius 2 is 1.68 bits per heavy atom. The molecule has 4 aliphatic heterocycles. The summed E-state index contributed by atoms with van der Waals surface area (Å²) in [6, 6.07) is 19.9. The molecule has 0 radical (unpaired) electrons. The van der Waals surface area contributed by atoms with Gasteiger partial charge in [0.05, 0.1) is 57.5 Å². The zero-order chi connectivity index (χ0) is 49.2. The van der Waals surface area contributed by atoms with E-state index in [4.69, 9.17) is 9.26 Å². The molecular formula is C54H70N10O6S. The number of hydrogen-bond acceptors (Lipinski definition) is 16. The third kappa shape index (κ3) is 11.0. The van der Waals surface area contributed by atoms with Gasteiger partial charge in [0, 0.05) is 62.9 Å². The number of aromatic nitrogens is 4. The molecule has 1 unspecified atom stereocenters. The number of piperazine rings is 1. The van der Waals surface area contributed by atoms with Crippen molar-refractivity contribution in [1.82, 2.24) is 40.4 Å². The van der Waals surface area contributed by atoms with Gasteiger partial charge in [-0.2, -0.15) is 0 Å². The third-order valence-corrected chi connectivity index (χ3v) is 17.0. The zero-order valence-electron chi connectivity index (χ0n) is 41.6. The van der Waals surface area contributed by atoms with E-state index in [0.717, 1.165) is 92.1 Å². The van der Waals surface area contributed by atoms with Crippen molar-refractivity contribution in [1.29, 1.82) is 0 Å². The van der Waals surface area contributed by atoms with Crippen molar-refractivity contribution in [3.8, 4) is 33.3 Å². The smallest absolute Gasteiger partial charge is 0.254 e. The summed E-state index contributed by atoms with van der Waals surface area (Å²) in [5.74, 6) is 0.172. The van der Waals surface area contributed by atoms with Gasteiger partial charge in [-0.25, -0.2) is 4.98 Å². The fraction of sp³-hybridized carbons (Fsp3) is 0.556. The Morgan fingerprint density at radius 1 is 0.915 bits per heavy atom. The van der Waals surface area contributed by atoms with E-state index in [1.54, 1.807) is 23.5 Å². The van der Waals surface area contributed by atoms with E-state index in [0.29, 0.717) is 47.5 Å². The van der Waals surface area contributed by atoms with Gasteiger partial charge in [-0.15, -0.1) is 21.5 Å². The lowest BCUT2D eigenvalue weighted by molar-refractivity contribution is -0.134. The Labute approximate surface area is 421 Å². The van der Waals surface area contributed by atoms with E-state index in [1.807, 2.05) is 75.7 Å². The molecule has 7 heterocycles. The largest absolute Gasteiger partial charge is 0.507 e. The number of phenols is 1. The van der Waals surface area contributed by atoms with Crippen LogP contribution in [0.4, 0.5) is 11.5 Å². The van der Waals surface area contributed by atoms with Crippen LogP contribution in [0.15, 0.2) is 70.7 Å². The molecule has 5 aromatic rings. The fourth-order valence-electron chi connectivity index (χ4n) is 12.0. The Kier molecular flexibility index (Phi) is 15.0. The molecule has 71 heavy (non-hydrogen) atoms. The number of carbonyl (C=O) groups excluding carboxylic acids is 2. The first-order valence-corrected chi connectivity index (χ1v) is 26.8. The highest BCUT2D eigenvalue weighted by Crippen LogP contribution is 2.41. The number of ketones is 1.